The molecule has 4 aromatic carbocycles. The van der Waals surface area contributed by atoms with Crippen molar-refractivity contribution in [2.24, 2.45) is 5.73 Å². The van der Waals surface area contributed by atoms with Crippen LogP contribution in [-0.4, -0.2) is 59.9 Å². The number of amides is 1. The number of nitrogens with one attached hydrogen (secondary N) is 2. The molecule has 13 heteroatoms. The van der Waals surface area contributed by atoms with Crippen molar-refractivity contribution in [3.05, 3.63) is 129 Å². The number of rotatable bonds is 21. The van der Waals surface area contributed by atoms with Gasteiger partial charge in [0.05, 0.1) is 22.8 Å². The van der Waals surface area contributed by atoms with E-state index >= 15 is 0 Å². The number of pyridine rings is 1. The van der Waals surface area contributed by atoms with E-state index in [4.69, 9.17) is 41.8 Å². The fraction of sp³-hybridized carbons (Fsp3) is 0.273. The third-order valence-electron chi connectivity index (χ3n) is 9.33. The van der Waals surface area contributed by atoms with Gasteiger partial charge in [-0.2, -0.15) is 5.26 Å². The molecular weight excluding hydrogens is 746 g/mol. The van der Waals surface area contributed by atoms with E-state index in [1.165, 1.54) is 6.20 Å². The van der Waals surface area contributed by atoms with Gasteiger partial charge in [-0.15, -0.1) is 0 Å². The number of halogens is 1. The Hall–Kier alpha value is -5.97. The van der Waals surface area contributed by atoms with Crippen molar-refractivity contribution in [1.82, 2.24) is 15.6 Å². The van der Waals surface area contributed by atoms with Crippen LogP contribution in [0.25, 0.3) is 22.3 Å². The molecule has 0 aliphatic rings. The van der Waals surface area contributed by atoms with Gasteiger partial charge in [0, 0.05) is 55.6 Å². The van der Waals surface area contributed by atoms with Crippen LogP contribution in [0, 0.1) is 25.2 Å². The number of hydrogen-bond acceptors (Lipinski definition) is 10. The Balaban J connectivity index is 1.36. The summed E-state index contributed by atoms with van der Waals surface area (Å²) >= 11 is 6.77. The maximum Gasteiger partial charge on any atom is 0.303 e. The van der Waals surface area contributed by atoms with Gasteiger partial charge in [-0.1, -0.05) is 54.1 Å². The molecule has 0 atom stereocenters. The summed E-state index contributed by atoms with van der Waals surface area (Å²) in [6.45, 7) is 6.65. The normalized spacial score (nSPS) is 10.9. The molecular formula is C44H46ClN5O7. The van der Waals surface area contributed by atoms with E-state index in [1.807, 2.05) is 44.2 Å². The summed E-state index contributed by atoms with van der Waals surface area (Å²) in [6.07, 6.45) is 3.65. The fourth-order valence-corrected chi connectivity index (χ4v) is 6.56. The Bertz CT molecular complexity index is 2240. The zero-order valence-corrected chi connectivity index (χ0v) is 32.7. The van der Waals surface area contributed by atoms with Gasteiger partial charge >= 0.3 is 5.97 Å². The summed E-state index contributed by atoms with van der Waals surface area (Å²) in [4.78, 5) is 27.5. The molecule has 1 heterocycles. The summed E-state index contributed by atoms with van der Waals surface area (Å²) in [5.41, 5.74) is 14.8. The Morgan fingerprint density at radius 1 is 0.825 bits per heavy atom. The second kappa shape index (κ2) is 20.8. The molecule has 1 amide bonds. The van der Waals surface area contributed by atoms with Crippen molar-refractivity contribution < 1.29 is 34.0 Å². The number of carboxylic acid groups (broad SMARTS) is 1. The van der Waals surface area contributed by atoms with Gasteiger partial charge in [0.15, 0.2) is 0 Å². The lowest BCUT2D eigenvalue weighted by atomic mass is 9.89. The number of aromatic nitrogens is 1. The Labute approximate surface area is 337 Å². The number of carbonyl (C=O) groups is 2. The molecule has 0 aliphatic carbocycles. The first kappa shape index (κ1) is 42.2. The van der Waals surface area contributed by atoms with Gasteiger partial charge in [-0.25, -0.2) is 0 Å². The van der Waals surface area contributed by atoms with Gasteiger partial charge < -0.3 is 40.8 Å². The number of hydrogen-bond donors (Lipinski definition) is 5. The average Bonchev–Trinajstić information content (AvgIpc) is 3.20. The molecule has 0 fully saturated rings. The van der Waals surface area contributed by atoms with Crippen LogP contribution in [0.15, 0.2) is 85.2 Å². The lowest BCUT2D eigenvalue weighted by Crippen LogP contribution is -2.24. The van der Waals surface area contributed by atoms with Crippen LogP contribution in [0.5, 0.6) is 17.2 Å². The van der Waals surface area contributed by atoms with Crippen LogP contribution in [0.3, 0.4) is 0 Å². The number of benzene rings is 4. The van der Waals surface area contributed by atoms with Crippen molar-refractivity contribution in [2.45, 2.75) is 46.4 Å². The smallest absolute Gasteiger partial charge is 0.303 e. The molecule has 6 N–H and O–H groups in total. The number of nitrogens with two attached hydrogens (primary N) is 1. The highest BCUT2D eigenvalue weighted by Crippen LogP contribution is 2.37. The molecule has 0 spiro atoms. The van der Waals surface area contributed by atoms with E-state index in [9.17, 15) is 14.9 Å². The maximum absolute atomic E-state index is 12.4. The fourth-order valence-electron chi connectivity index (χ4n) is 6.32. The lowest BCUT2D eigenvalue weighted by molar-refractivity contribution is -0.137. The van der Waals surface area contributed by atoms with Gasteiger partial charge in [0.2, 0.25) is 0 Å². The van der Waals surface area contributed by atoms with Crippen molar-refractivity contribution in [3.8, 4) is 45.6 Å². The van der Waals surface area contributed by atoms with Gasteiger partial charge in [-0.3, -0.25) is 14.6 Å². The summed E-state index contributed by atoms with van der Waals surface area (Å²) in [5, 5.41) is 33.9. The molecule has 0 bridgehead atoms. The van der Waals surface area contributed by atoms with E-state index in [-0.39, 0.29) is 31.8 Å². The summed E-state index contributed by atoms with van der Waals surface area (Å²) in [5.74, 6) is -0.0955. The van der Waals surface area contributed by atoms with Gasteiger partial charge in [-0.05, 0) is 90.0 Å². The minimum Gasteiger partial charge on any atom is -0.491 e. The van der Waals surface area contributed by atoms with Crippen molar-refractivity contribution >= 4 is 23.5 Å². The number of primary amides is 1. The zero-order chi connectivity index (χ0) is 40.7. The first-order valence-electron chi connectivity index (χ1n) is 18.5. The topological polar surface area (TPSA) is 189 Å². The number of aliphatic hydroxyl groups excluding tert-OH is 1. The van der Waals surface area contributed by atoms with Crippen LogP contribution >= 0.6 is 11.6 Å². The summed E-state index contributed by atoms with van der Waals surface area (Å²) in [7, 11) is 0. The minimum atomic E-state index is -0.850. The lowest BCUT2D eigenvalue weighted by Gasteiger charge is -2.18. The van der Waals surface area contributed by atoms with Crippen LogP contribution < -0.4 is 30.6 Å². The Morgan fingerprint density at radius 3 is 2.33 bits per heavy atom. The quantitative estimate of drug-likeness (QED) is 0.0496. The van der Waals surface area contributed by atoms with E-state index in [2.05, 4.69) is 33.8 Å². The average molecular weight is 792 g/mol. The molecule has 1 aromatic heterocycles. The highest BCUT2D eigenvalue weighted by Gasteiger charge is 2.17. The standard InChI is InChI=1S/C44H46ClN5O7/c1-28-33(27-57-42-21-41(56-26-31-18-30(22-46)23-50-24-31)34(20-39(42)45)25-49-13-5-10-43(52)53)6-3-8-36(28)37-9-4-7-35(29(37)2)32-11-12-40(38(19-32)44(47)54)55-17-15-48-14-16-51/h3-4,6-9,11-12,18-21,23-24,48-49,51H,5,10,13-17,25-27H2,1-2H3,(H2,47,54)(H,52,53). The monoisotopic (exact) mass is 791 g/mol. The second-order valence-corrected chi connectivity index (χ2v) is 13.7. The molecule has 12 nitrogen and oxygen atoms in total. The molecule has 0 radical (unpaired) electrons. The second-order valence-electron chi connectivity index (χ2n) is 13.3. The Morgan fingerprint density at radius 2 is 1.58 bits per heavy atom. The Kier molecular flexibility index (Phi) is 15.4. The molecule has 0 aliphatic heterocycles. The SMILES string of the molecule is Cc1c(COc2cc(OCc3cncc(C#N)c3)c(CNCCCC(=O)O)cc2Cl)cccc1-c1cccc(-c2ccc(OCCNCCO)c(C(N)=O)c2)c1C. The number of aliphatic carboxylic acids is 1. The highest BCUT2D eigenvalue weighted by molar-refractivity contribution is 6.32. The first-order valence-corrected chi connectivity index (χ1v) is 18.9. The van der Waals surface area contributed by atoms with Crippen LogP contribution in [-0.2, 0) is 24.6 Å². The number of nitriles is 1. The largest absolute Gasteiger partial charge is 0.491 e. The third kappa shape index (κ3) is 11.5. The van der Waals surface area contributed by atoms with E-state index in [1.54, 1.807) is 36.5 Å². The van der Waals surface area contributed by atoms with E-state index in [0.717, 1.165) is 50.1 Å². The van der Waals surface area contributed by atoms with Crippen LogP contribution in [0.1, 0.15) is 56.6 Å². The minimum absolute atomic E-state index is 0.0267. The summed E-state index contributed by atoms with van der Waals surface area (Å²) < 4.78 is 18.4. The predicted molar refractivity (Wildman–Crippen MR) is 218 cm³/mol. The van der Waals surface area contributed by atoms with Crippen molar-refractivity contribution in [3.63, 3.8) is 0 Å². The zero-order valence-electron chi connectivity index (χ0n) is 31.9. The van der Waals surface area contributed by atoms with Gasteiger partial charge in [0.25, 0.3) is 5.91 Å². The molecule has 57 heavy (non-hydrogen) atoms. The number of ether oxygens (including phenoxy) is 3. The van der Waals surface area contributed by atoms with Gasteiger partial charge in [0.1, 0.15) is 43.1 Å². The molecule has 5 rings (SSSR count). The molecule has 296 valence electrons. The van der Waals surface area contributed by atoms with E-state index < -0.39 is 11.9 Å². The third-order valence-corrected chi connectivity index (χ3v) is 9.62. The molecule has 0 saturated heterocycles. The predicted octanol–water partition coefficient (Wildman–Crippen LogP) is 6.73. The molecule has 5 aromatic rings. The number of nitrogens with zero attached hydrogens (tertiary/aromatic N) is 2. The van der Waals surface area contributed by atoms with Crippen molar-refractivity contribution in [1.29, 1.82) is 5.26 Å². The molecule has 0 saturated carbocycles. The van der Waals surface area contributed by atoms with E-state index in [0.29, 0.717) is 67.0 Å². The van der Waals surface area contributed by atoms with Crippen molar-refractivity contribution in [2.75, 3.05) is 32.8 Å². The highest BCUT2D eigenvalue weighted by atomic mass is 35.5. The number of carboxylic acids is 1. The van der Waals surface area contributed by atoms with Crippen LogP contribution in [0.2, 0.25) is 5.02 Å². The summed E-state index contributed by atoms with van der Waals surface area (Å²) in [6, 6.07) is 24.9. The van der Waals surface area contributed by atoms with Crippen LogP contribution in [0.4, 0.5) is 0 Å². The first-order chi connectivity index (χ1) is 27.6. The number of aliphatic hydroxyl groups is 1. The molecule has 0 unspecified atom stereocenters. The maximum atomic E-state index is 12.4. The number of carbonyl (C=O) groups excluding carboxylic acids is 1.